The number of carbonyl (C=O) groups is 1. The van der Waals surface area contributed by atoms with Crippen LogP contribution in [0.2, 0.25) is 10.0 Å². The van der Waals surface area contributed by atoms with E-state index in [-0.39, 0.29) is 12.5 Å². The summed E-state index contributed by atoms with van der Waals surface area (Å²) >= 11 is 13.9. The molecule has 2 aromatic heterocycles. The first kappa shape index (κ1) is 17.9. The summed E-state index contributed by atoms with van der Waals surface area (Å²) in [6.45, 7) is 0.280. The van der Waals surface area contributed by atoms with Crippen molar-refractivity contribution in [3.63, 3.8) is 0 Å². The molecule has 7 heteroatoms. The highest BCUT2D eigenvalue weighted by atomic mass is 35.5. The van der Waals surface area contributed by atoms with E-state index in [2.05, 4.69) is 9.97 Å². The van der Waals surface area contributed by atoms with Crippen molar-refractivity contribution < 1.29 is 4.79 Å². The van der Waals surface area contributed by atoms with Crippen LogP contribution in [0.15, 0.2) is 66.9 Å². The molecule has 0 unspecified atom stereocenters. The molecule has 134 valence electrons. The van der Waals surface area contributed by atoms with Gasteiger partial charge >= 0.3 is 0 Å². The monoisotopic (exact) mass is 413 g/mol. The van der Waals surface area contributed by atoms with Crippen molar-refractivity contribution in [2.75, 3.05) is 4.90 Å². The van der Waals surface area contributed by atoms with E-state index >= 15 is 0 Å². The van der Waals surface area contributed by atoms with Gasteiger partial charge in [0.05, 0.1) is 32.5 Å². The maximum atomic E-state index is 13.3. The molecule has 1 amide bonds. The molecular weight excluding hydrogens is 401 g/mol. The second-order valence-electron chi connectivity index (χ2n) is 5.78. The molecule has 0 aliphatic heterocycles. The van der Waals surface area contributed by atoms with Gasteiger partial charge in [0.1, 0.15) is 5.52 Å². The Balaban J connectivity index is 1.81. The lowest BCUT2D eigenvalue weighted by Gasteiger charge is -2.20. The molecule has 27 heavy (non-hydrogen) atoms. The lowest BCUT2D eigenvalue weighted by molar-refractivity contribution is 0.0985. The highest BCUT2D eigenvalue weighted by Gasteiger charge is 2.24. The number of benzene rings is 2. The van der Waals surface area contributed by atoms with Crippen LogP contribution in [0.4, 0.5) is 5.13 Å². The van der Waals surface area contributed by atoms with E-state index in [9.17, 15) is 4.79 Å². The van der Waals surface area contributed by atoms with Gasteiger partial charge in [-0.2, -0.15) is 0 Å². The third-order valence-corrected chi connectivity index (χ3v) is 5.66. The molecule has 2 heterocycles. The number of fused-ring (bicyclic) bond motifs is 1. The Morgan fingerprint density at radius 1 is 0.963 bits per heavy atom. The maximum absolute atomic E-state index is 13.3. The van der Waals surface area contributed by atoms with Crippen molar-refractivity contribution in [2.45, 2.75) is 6.54 Å². The Morgan fingerprint density at radius 2 is 1.74 bits per heavy atom. The van der Waals surface area contributed by atoms with Crippen LogP contribution in [0.3, 0.4) is 0 Å². The van der Waals surface area contributed by atoms with Crippen molar-refractivity contribution in [1.29, 1.82) is 0 Å². The number of pyridine rings is 1. The first-order valence-electron chi connectivity index (χ1n) is 8.15. The number of nitrogens with zero attached hydrogens (tertiary/aromatic N) is 3. The summed E-state index contributed by atoms with van der Waals surface area (Å²) in [4.78, 5) is 23.8. The van der Waals surface area contributed by atoms with Gasteiger partial charge in [-0.1, -0.05) is 58.8 Å². The first-order chi connectivity index (χ1) is 13.1. The van der Waals surface area contributed by atoms with Crippen molar-refractivity contribution in [3.8, 4) is 0 Å². The lowest BCUT2D eigenvalue weighted by Crippen LogP contribution is -2.30. The SMILES string of the molecule is O=C(c1ccccc1Cl)N(Cc1ccccn1)c1nc2c(Cl)cccc2s1. The predicted octanol–water partition coefficient (Wildman–Crippen LogP) is 5.85. The van der Waals surface area contributed by atoms with Crippen LogP contribution in [-0.4, -0.2) is 15.9 Å². The van der Waals surface area contributed by atoms with E-state index < -0.39 is 0 Å². The Hall–Kier alpha value is -2.47. The predicted molar refractivity (Wildman–Crippen MR) is 111 cm³/mol. The third-order valence-electron chi connectivity index (χ3n) is 3.99. The number of amides is 1. The zero-order chi connectivity index (χ0) is 18.8. The average Bonchev–Trinajstić information content (AvgIpc) is 3.12. The lowest BCUT2D eigenvalue weighted by atomic mass is 10.2. The summed E-state index contributed by atoms with van der Waals surface area (Å²) in [7, 11) is 0. The van der Waals surface area contributed by atoms with Gasteiger partial charge in [-0.15, -0.1) is 0 Å². The number of para-hydroxylation sites is 1. The number of halogens is 2. The maximum Gasteiger partial charge on any atom is 0.261 e. The van der Waals surface area contributed by atoms with Crippen LogP contribution >= 0.6 is 34.5 Å². The van der Waals surface area contributed by atoms with E-state index in [0.29, 0.717) is 26.3 Å². The summed E-state index contributed by atoms with van der Waals surface area (Å²) in [5.74, 6) is -0.235. The molecule has 4 aromatic rings. The second-order valence-corrected chi connectivity index (χ2v) is 7.60. The van der Waals surface area contributed by atoms with Crippen LogP contribution in [-0.2, 0) is 6.54 Å². The Kier molecular flexibility index (Phi) is 5.07. The normalized spacial score (nSPS) is 10.9. The van der Waals surface area contributed by atoms with Gasteiger partial charge < -0.3 is 0 Å². The van der Waals surface area contributed by atoms with Crippen LogP contribution in [0.25, 0.3) is 10.2 Å². The fraction of sp³-hybridized carbons (Fsp3) is 0.0500. The number of aromatic nitrogens is 2. The van der Waals surface area contributed by atoms with Crippen LogP contribution in [0.5, 0.6) is 0 Å². The van der Waals surface area contributed by atoms with Crippen LogP contribution in [0, 0.1) is 0 Å². The van der Waals surface area contributed by atoms with Gasteiger partial charge in [-0.05, 0) is 36.4 Å². The summed E-state index contributed by atoms with van der Waals surface area (Å²) in [5.41, 5.74) is 1.85. The molecule has 0 radical (unpaired) electrons. The van der Waals surface area contributed by atoms with Gasteiger partial charge in [0.25, 0.3) is 5.91 Å². The Morgan fingerprint density at radius 3 is 2.48 bits per heavy atom. The summed E-state index contributed by atoms with van der Waals surface area (Å²) in [6.07, 6.45) is 1.70. The van der Waals surface area contributed by atoms with E-state index in [1.54, 1.807) is 41.4 Å². The van der Waals surface area contributed by atoms with Crippen LogP contribution in [0.1, 0.15) is 16.1 Å². The zero-order valence-corrected chi connectivity index (χ0v) is 16.3. The molecule has 0 saturated carbocycles. The van der Waals surface area contributed by atoms with E-state index in [1.165, 1.54) is 11.3 Å². The standard InChI is InChI=1S/C20H13Cl2N3OS/c21-15-8-2-1-7-14(15)19(26)25(12-13-6-3-4-11-23-13)20-24-18-16(22)9-5-10-17(18)27-20/h1-11H,12H2. The zero-order valence-electron chi connectivity index (χ0n) is 14.0. The van der Waals surface area contributed by atoms with E-state index in [4.69, 9.17) is 23.2 Å². The molecule has 0 aliphatic rings. The van der Waals surface area contributed by atoms with Gasteiger partial charge in [-0.3, -0.25) is 14.7 Å². The third kappa shape index (κ3) is 3.67. The van der Waals surface area contributed by atoms with Crippen LogP contribution < -0.4 is 4.90 Å². The Labute approximate surface area is 170 Å². The first-order valence-corrected chi connectivity index (χ1v) is 9.72. The molecule has 2 aromatic carbocycles. The minimum atomic E-state index is -0.235. The molecule has 0 spiro atoms. The Bertz CT molecular complexity index is 1110. The van der Waals surface area contributed by atoms with E-state index in [0.717, 1.165) is 10.4 Å². The molecule has 0 atom stereocenters. The van der Waals surface area contributed by atoms with Crippen molar-refractivity contribution in [2.24, 2.45) is 0 Å². The molecule has 0 saturated heterocycles. The van der Waals surface area contributed by atoms with Crippen molar-refractivity contribution in [1.82, 2.24) is 9.97 Å². The molecular formula is C20H13Cl2N3OS. The van der Waals surface area contributed by atoms with Gasteiger partial charge in [-0.25, -0.2) is 4.98 Å². The smallest absolute Gasteiger partial charge is 0.261 e. The second kappa shape index (κ2) is 7.64. The van der Waals surface area contributed by atoms with Gasteiger partial charge in [0.15, 0.2) is 5.13 Å². The van der Waals surface area contributed by atoms with Crippen molar-refractivity contribution >= 4 is 55.8 Å². The summed E-state index contributed by atoms with van der Waals surface area (Å²) in [5, 5.41) is 1.50. The largest absolute Gasteiger partial charge is 0.278 e. The number of hydrogen-bond acceptors (Lipinski definition) is 4. The fourth-order valence-electron chi connectivity index (χ4n) is 2.68. The fourth-order valence-corrected chi connectivity index (χ4v) is 4.16. The summed E-state index contributed by atoms with van der Waals surface area (Å²) in [6, 6.07) is 18.1. The number of anilines is 1. The number of carbonyl (C=O) groups excluding carboxylic acids is 1. The summed E-state index contributed by atoms with van der Waals surface area (Å²) < 4.78 is 0.912. The average molecular weight is 414 g/mol. The molecule has 0 aliphatic carbocycles. The number of rotatable bonds is 4. The molecule has 0 fully saturated rings. The molecule has 4 nitrogen and oxygen atoms in total. The van der Waals surface area contributed by atoms with Gasteiger partial charge in [0, 0.05) is 6.20 Å². The van der Waals surface area contributed by atoms with E-state index in [1.807, 2.05) is 30.3 Å². The number of thiazole rings is 1. The van der Waals surface area contributed by atoms with Crippen molar-refractivity contribution in [3.05, 3.63) is 88.2 Å². The minimum Gasteiger partial charge on any atom is -0.278 e. The molecule has 4 rings (SSSR count). The number of hydrogen-bond donors (Lipinski definition) is 0. The highest BCUT2D eigenvalue weighted by Crippen LogP contribution is 2.34. The molecule has 0 bridgehead atoms. The quantitative estimate of drug-likeness (QED) is 0.421. The van der Waals surface area contributed by atoms with Gasteiger partial charge in [0.2, 0.25) is 0 Å². The topological polar surface area (TPSA) is 46.1 Å². The highest BCUT2D eigenvalue weighted by molar-refractivity contribution is 7.22. The molecule has 0 N–H and O–H groups in total. The minimum absolute atomic E-state index is 0.235.